The Morgan fingerprint density at radius 1 is 1.37 bits per heavy atom. The van der Waals surface area contributed by atoms with Crippen molar-refractivity contribution in [3.8, 4) is 0 Å². The van der Waals surface area contributed by atoms with Gasteiger partial charge in [-0.15, -0.1) is 11.8 Å². The molecule has 1 rings (SSSR count). The number of rotatable bonds is 8. The highest BCUT2D eigenvalue weighted by Crippen LogP contribution is 2.16. The molecule has 2 nitrogen and oxygen atoms in total. The van der Waals surface area contributed by atoms with Crippen LogP contribution in [0.2, 0.25) is 5.02 Å². The van der Waals surface area contributed by atoms with Crippen LogP contribution in [0.5, 0.6) is 0 Å². The zero-order chi connectivity index (χ0) is 14.1. The van der Waals surface area contributed by atoms with Crippen LogP contribution >= 0.6 is 23.4 Å². The summed E-state index contributed by atoms with van der Waals surface area (Å²) in [6, 6.07) is 7.76. The topological polar surface area (TPSA) is 29.1 Å². The standard InChI is InChI=1S/C15H22ClNOS/c1-3-12(4-2)9-17-15(18)11-19-10-13-6-5-7-14(16)8-13/h5-8,12H,3-4,9-11H2,1-2H3,(H,17,18). The molecule has 0 aliphatic heterocycles. The summed E-state index contributed by atoms with van der Waals surface area (Å²) in [5, 5.41) is 3.74. The fourth-order valence-corrected chi connectivity index (χ4v) is 2.79. The molecule has 0 unspecified atom stereocenters. The van der Waals surface area contributed by atoms with Crippen molar-refractivity contribution in [3.63, 3.8) is 0 Å². The summed E-state index contributed by atoms with van der Waals surface area (Å²) in [6.07, 6.45) is 2.23. The van der Waals surface area contributed by atoms with E-state index in [4.69, 9.17) is 11.6 Å². The molecule has 0 saturated heterocycles. The first-order valence-corrected chi connectivity index (χ1v) is 8.27. The van der Waals surface area contributed by atoms with Crippen molar-refractivity contribution in [2.75, 3.05) is 12.3 Å². The number of thioether (sulfide) groups is 1. The van der Waals surface area contributed by atoms with Gasteiger partial charge in [-0.3, -0.25) is 4.79 Å². The van der Waals surface area contributed by atoms with Crippen molar-refractivity contribution in [2.45, 2.75) is 32.4 Å². The highest BCUT2D eigenvalue weighted by atomic mass is 35.5. The highest BCUT2D eigenvalue weighted by Gasteiger charge is 2.06. The second kappa shape index (κ2) is 9.27. The zero-order valence-electron chi connectivity index (χ0n) is 11.6. The molecule has 0 radical (unpaired) electrons. The van der Waals surface area contributed by atoms with E-state index in [-0.39, 0.29) is 5.91 Å². The van der Waals surface area contributed by atoms with Crippen molar-refractivity contribution >= 4 is 29.3 Å². The largest absolute Gasteiger partial charge is 0.355 e. The zero-order valence-corrected chi connectivity index (χ0v) is 13.2. The molecule has 0 spiro atoms. The van der Waals surface area contributed by atoms with Crippen LogP contribution in [0, 0.1) is 5.92 Å². The Hall–Kier alpha value is -0.670. The second-order valence-corrected chi connectivity index (χ2v) is 6.03. The van der Waals surface area contributed by atoms with E-state index >= 15 is 0 Å². The lowest BCUT2D eigenvalue weighted by molar-refractivity contribution is -0.118. The van der Waals surface area contributed by atoms with E-state index in [2.05, 4.69) is 19.2 Å². The number of hydrogen-bond acceptors (Lipinski definition) is 2. The van der Waals surface area contributed by atoms with Gasteiger partial charge in [0, 0.05) is 17.3 Å². The summed E-state index contributed by atoms with van der Waals surface area (Å²) >= 11 is 7.53. The Morgan fingerprint density at radius 3 is 2.74 bits per heavy atom. The molecule has 0 saturated carbocycles. The molecule has 1 amide bonds. The predicted octanol–water partition coefficient (Wildman–Crippen LogP) is 4.13. The van der Waals surface area contributed by atoms with Crippen LogP contribution in [0.3, 0.4) is 0 Å². The van der Waals surface area contributed by atoms with E-state index in [1.807, 2.05) is 24.3 Å². The number of halogens is 1. The molecule has 0 fully saturated rings. The van der Waals surface area contributed by atoms with Crippen molar-refractivity contribution < 1.29 is 4.79 Å². The van der Waals surface area contributed by atoms with E-state index in [1.54, 1.807) is 11.8 Å². The Balaban J connectivity index is 2.20. The second-order valence-electron chi connectivity index (χ2n) is 4.61. The molecule has 0 aliphatic carbocycles. The fraction of sp³-hybridized carbons (Fsp3) is 0.533. The number of benzene rings is 1. The van der Waals surface area contributed by atoms with Gasteiger partial charge in [-0.25, -0.2) is 0 Å². The summed E-state index contributed by atoms with van der Waals surface area (Å²) in [6.45, 7) is 5.12. The molecule has 0 aromatic heterocycles. The lowest BCUT2D eigenvalue weighted by atomic mass is 10.0. The molecule has 4 heteroatoms. The highest BCUT2D eigenvalue weighted by molar-refractivity contribution is 7.99. The number of carbonyl (C=O) groups is 1. The first-order valence-electron chi connectivity index (χ1n) is 6.74. The molecule has 1 aromatic carbocycles. The minimum absolute atomic E-state index is 0.124. The summed E-state index contributed by atoms with van der Waals surface area (Å²) in [5.41, 5.74) is 1.16. The van der Waals surface area contributed by atoms with Gasteiger partial charge in [-0.05, 0) is 23.6 Å². The minimum atomic E-state index is 0.124. The first-order chi connectivity index (χ1) is 9.15. The Morgan fingerprint density at radius 2 is 2.11 bits per heavy atom. The SMILES string of the molecule is CCC(CC)CNC(=O)CSCc1cccc(Cl)c1. The van der Waals surface area contributed by atoms with Gasteiger partial charge in [0.2, 0.25) is 5.91 Å². The summed E-state index contributed by atoms with van der Waals surface area (Å²) < 4.78 is 0. The molecule has 0 heterocycles. The molecule has 19 heavy (non-hydrogen) atoms. The Labute approximate surface area is 125 Å². The van der Waals surface area contributed by atoms with Crippen LogP contribution < -0.4 is 5.32 Å². The van der Waals surface area contributed by atoms with Crippen LogP contribution in [0.1, 0.15) is 32.3 Å². The third kappa shape index (κ3) is 6.88. The molecule has 1 aromatic rings. The smallest absolute Gasteiger partial charge is 0.230 e. The van der Waals surface area contributed by atoms with Crippen LogP contribution in [0.15, 0.2) is 24.3 Å². The van der Waals surface area contributed by atoms with Gasteiger partial charge in [0.25, 0.3) is 0 Å². The van der Waals surface area contributed by atoms with E-state index in [0.29, 0.717) is 11.7 Å². The van der Waals surface area contributed by atoms with Gasteiger partial charge < -0.3 is 5.32 Å². The van der Waals surface area contributed by atoms with Gasteiger partial charge in [-0.1, -0.05) is 50.4 Å². The monoisotopic (exact) mass is 299 g/mol. The first kappa shape index (κ1) is 16.4. The average Bonchev–Trinajstić information content (AvgIpc) is 2.40. The van der Waals surface area contributed by atoms with E-state index in [9.17, 15) is 4.79 Å². The van der Waals surface area contributed by atoms with Gasteiger partial charge in [-0.2, -0.15) is 0 Å². The maximum Gasteiger partial charge on any atom is 0.230 e. The van der Waals surface area contributed by atoms with Gasteiger partial charge in [0.05, 0.1) is 5.75 Å². The third-order valence-electron chi connectivity index (χ3n) is 3.13. The number of amides is 1. The molecular weight excluding hydrogens is 278 g/mol. The summed E-state index contributed by atoms with van der Waals surface area (Å²) in [7, 11) is 0. The number of carbonyl (C=O) groups excluding carboxylic acids is 1. The summed E-state index contributed by atoms with van der Waals surface area (Å²) in [4.78, 5) is 11.7. The van der Waals surface area contributed by atoms with E-state index < -0.39 is 0 Å². The molecule has 0 aliphatic rings. The molecule has 0 atom stereocenters. The fourth-order valence-electron chi connectivity index (χ4n) is 1.77. The molecule has 1 N–H and O–H groups in total. The third-order valence-corrected chi connectivity index (χ3v) is 4.37. The molecule has 106 valence electrons. The van der Waals surface area contributed by atoms with E-state index in [0.717, 1.165) is 35.7 Å². The van der Waals surface area contributed by atoms with Crippen molar-refractivity contribution in [3.05, 3.63) is 34.9 Å². The quantitative estimate of drug-likeness (QED) is 0.782. The lowest BCUT2D eigenvalue weighted by Crippen LogP contribution is -2.30. The van der Waals surface area contributed by atoms with Crippen molar-refractivity contribution in [1.29, 1.82) is 0 Å². The Bertz CT molecular complexity index is 393. The molecule has 0 bridgehead atoms. The van der Waals surface area contributed by atoms with Crippen LogP contribution in [-0.4, -0.2) is 18.2 Å². The van der Waals surface area contributed by atoms with Crippen LogP contribution in [-0.2, 0) is 10.5 Å². The van der Waals surface area contributed by atoms with Crippen LogP contribution in [0.25, 0.3) is 0 Å². The van der Waals surface area contributed by atoms with Crippen molar-refractivity contribution in [2.24, 2.45) is 5.92 Å². The van der Waals surface area contributed by atoms with E-state index in [1.165, 1.54) is 0 Å². The average molecular weight is 300 g/mol. The number of hydrogen-bond donors (Lipinski definition) is 1. The van der Waals surface area contributed by atoms with Gasteiger partial charge >= 0.3 is 0 Å². The van der Waals surface area contributed by atoms with Crippen LogP contribution in [0.4, 0.5) is 0 Å². The maximum atomic E-state index is 11.7. The lowest BCUT2D eigenvalue weighted by Gasteiger charge is -2.13. The van der Waals surface area contributed by atoms with Crippen molar-refractivity contribution in [1.82, 2.24) is 5.32 Å². The summed E-state index contributed by atoms with van der Waals surface area (Å²) in [5.74, 6) is 2.05. The normalized spacial score (nSPS) is 10.7. The number of nitrogens with one attached hydrogen (secondary N) is 1. The predicted molar refractivity (Wildman–Crippen MR) is 84.7 cm³/mol. The maximum absolute atomic E-state index is 11.7. The minimum Gasteiger partial charge on any atom is -0.355 e. The molecular formula is C15H22ClNOS. The van der Waals surface area contributed by atoms with Gasteiger partial charge in [0.15, 0.2) is 0 Å². The Kier molecular flexibility index (Phi) is 7.99. The van der Waals surface area contributed by atoms with Gasteiger partial charge in [0.1, 0.15) is 0 Å².